The number of benzene rings is 3. The first-order valence-electron chi connectivity index (χ1n) is 21.7. The van der Waals surface area contributed by atoms with Crippen molar-refractivity contribution in [1.82, 2.24) is 4.90 Å². The van der Waals surface area contributed by atoms with Crippen molar-refractivity contribution < 1.29 is 34.1 Å². The summed E-state index contributed by atoms with van der Waals surface area (Å²) >= 11 is 0. The highest BCUT2D eigenvalue weighted by molar-refractivity contribution is 6.03. The van der Waals surface area contributed by atoms with Crippen LogP contribution in [0, 0.1) is 42.9 Å². The van der Waals surface area contributed by atoms with Crippen LogP contribution in [0.5, 0.6) is 17.2 Å². The summed E-state index contributed by atoms with van der Waals surface area (Å²) in [6, 6.07) is 20.4. The van der Waals surface area contributed by atoms with Gasteiger partial charge in [-0.15, -0.1) is 6.58 Å². The Morgan fingerprint density at radius 1 is 1.00 bits per heavy atom. The third-order valence-corrected chi connectivity index (χ3v) is 12.2. The van der Waals surface area contributed by atoms with Crippen molar-refractivity contribution >= 4 is 11.6 Å². The number of fused-ring (bicyclic) bond motifs is 2. The molecule has 0 bridgehead atoms. The molecule has 0 spiro atoms. The molecular weight excluding hydrogens is 755 g/mol. The van der Waals surface area contributed by atoms with E-state index in [1.807, 2.05) is 56.9 Å². The van der Waals surface area contributed by atoms with Crippen LogP contribution < -0.4 is 9.47 Å². The molecule has 3 aromatic rings. The minimum Gasteiger partial charge on any atom is -0.459 e. The Balaban J connectivity index is 1.61. The molecule has 1 fully saturated rings. The fourth-order valence-corrected chi connectivity index (χ4v) is 9.31. The maximum atomic E-state index is 14.9. The molecule has 2 N–H and O–H groups in total. The first-order chi connectivity index (χ1) is 28.9. The minimum absolute atomic E-state index is 0.0765. The lowest BCUT2D eigenvalue weighted by atomic mass is 9.55. The van der Waals surface area contributed by atoms with Gasteiger partial charge in [0, 0.05) is 43.2 Å². The predicted octanol–water partition coefficient (Wildman–Crippen LogP) is 9.95. The van der Waals surface area contributed by atoms with Crippen LogP contribution >= 0.6 is 0 Å². The van der Waals surface area contributed by atoms with Crippen molar-refractivity contribution in [1.29, 1.82) is 5.26 Å². The number of ether oxygens (including phenoxy) is 3. The molecule has 0 radical (unpaired) electrons. The molecule has 1 saturated carbocycles. The number of carbonyl (C=O) groups is 1. The number of amides is 1. The van der Waals surface area contributed by atoms with Crippen molar-refractivity contribution in [2.75, 3.05) is 26.4 Å². The van der Waals surface area contributed by atoms with E-state index in [1.54, 1.807) is 30.3 Å². The lowest BCUT2D eigenvalue weighted by molar-refractivity contribution is -0.254. The highest BCUT2D eigenvalue weighted by Gasteiger charge is 2.65. The van der Waals surface area contributed by atoms with Gasteiger partial charge >= 0.3 is 0 Å². The third kappa shape index (κ3) is 9.65. The molecule has 1 amide bonds. The molecule has 1 aliphatic heterocycles. The van der Waals surface area contributed by atoms with Gasteiger partial charge in [0.1, 0.15) is 28.9 Å². The summed E-state index contributed by atoms with van der Waals surface area (Å²) in [6.45, 7) is 17.0. The number of nitriles is 1. The molecule has 1 heterocycles. The van der Waals surface area contributed by atoms with Crippen LogP contribution in [0.1, 0.15) is 118 Å². The molecule has 2 aliphatic carbocycles. The number of aliphatic hydroxyl groups excluding tert-OH is 2. The smallest absolute Gasteiger partial charge is 0.254 e. The van der Waals surface area contributed by atoms with Crippen LogP contribution in [0.3, 0.4) is 0 Å². The third-order valence-electron chi connectivity index (χ3n) is 12.2. The monoisotopic (exact) mass is 817 g/mol. The quantitative estimate of drug-likeness (QED) is 0.0737. The molecule has 60 heavy (non-hydrogen) atoms. The van der Waals surface area contributed by atoms with E-state index in [0.29, 0.717) is 54.9 Å². The summed E-state index contributed by atoms with van der Waals surface area (Å²) < 4.78 is 21.1. The van der Waals surface area contributed by atoms with Gasteiger partial charge in [0.25, 0.3) is 5.91 Å². The van der Waals surface area contributed by atoms with Gasteiger partial charge in [-0.3, -0.25) is 4.79 Å². The number of carbonyl (C=O) groups excluding carboxylic acids is 1. The van der Waals surface area contributed by atoms with Gasteiger partial charge in [-0.25, -0.2) is 0 Å². The van der Waals surface area contributed by atoms with Crippen LogP contribution in [0.2, 0.25) is 0 Å². The lowest BCUT2D eigenvalue weighted by Gasteiger charge is -2.60. The number of rotatable bonds is 18. The number of aryl methyl sites for hydroxylation is 2. The summed E-state index contributed by atoms with van der Waals surface area (Å²) in [5.41, 5.74) is 5.38. The maximum Gasteiger partial charge on any atom is 0.254 e. The molecule has 10 nitrogen and oxygen atoms in total. The largest absolute Gasteiger partial charge is 0.459 e. The number of allylic oxidation sites excluding steroid dienone is 1. The Labute approximate surface area is 356 Å². The fourth-order valence-electron chi connectivity index (χ4n) is 9.31. The summed E-state index contributed by atoms with van der Waals surface area (Å²) in [6.07, 6.45) is 9.74. The maximum absolute atomic E-state index is 14.9. The van der Waals surface area contributed by atoms with E-state index < -0.39 is 23.3 Å². The predicted molar refractivity (Wildman–Crippen MR) is 234 cm³/mol. The van der Waals surface area contributed by atoms with E-state index in [-0.39, 0.29) is 43.5 Å². The summed E-state index contributed by atoms with van der Waals surface area (Å²) in [4.78, 5) is 23.0. The Morgan fingerprint density at radius 2 is 1.70 bits per heavy atom. The van der Waals surface area contributed by atoms with Gasteiger partial charge in [-0.1, -0.05) is 43.1 Å². The summed E-state index contributed by atoms with van der Waals surface area (Å²) in [5.74, 6) is 0.0630. The van der Waals surface area contributed by atoms with Gasteiger partial charge in [0.05, 0.1) is 29.9 Å². The van der Waals surface area contributed by atoms with Crippen LogP contribution in [0.25, 0.3) is 0 Å². The van der Waals surface area contributed by atoms with Crippen molar-refractivity contribution in [3.8, 4) is 23.3 Å². The van der Waals surface area contributed by atoms with E-state index >= 15 is 0 Å². The fraction of sp³-hybridized carbons (Fsp3) is 0.500. The zero-order valence-electron chi connectivity index (χ0n) is 36.3. The summed E-state index contributed by atoms with van der Waals surface area (Å²) in [5, 5.41) is 34.4. The highest BCUT2D eigenvalue weighted by Crippen LogP contribution is 2.62. The number of unbranched alkanes of at least 4 members (excludes halogenated alkanes) is 2. The van der Waals surface area contributed by atoms with Crippen molar-refractivity contribution in [2.45, 2.75) is 116 Å². The molecule has 6 atom stereocenters. The minimum atomic E-state index is -1.38. The van der Waals surface area contributed by atoms with Crippen LogP contribution in [-0.4, -0.2) is 70.5 Å². The number of hydrogen-bond acceptors (Lipinski definition) is 9. The standard InChI is InChI=1S/C50H63N3O7/c1-8-24-53(48(56)36-19-17-35(32-51)18-20-36)45-31-43(52-60-49(5,6)7)41-29-37(14-10-12-25-54)40(15-11-13-26-55)46-42-30-39(58-38-21-16-33(3)34(4)28-38)22-23-44(42)59-50(45,47(41)46)57-27-9-2/h9,16-23,28-30,37,40,45-47,54-55H,2,8,10-15,24-27,31H2,1,3-7H3. The molecule has 6 unspecified atom stereocenters. The molecule has 0 saturated heterocycles. The highest BCUT2D eigenvalue weighted by atomic mass is 16.7. The molecule has 3 aliphatic rings. The van der Waals surface area contributed by atoms with Crippen LogP contribution in [0.15, 0.2) is 90.1 Å². The van der Waals surface area contributed by atoms with E-state index in [2.05, 4.69) is 44.7 Å². The average molecular weight is 818 g/mol. The first kappa shape index (κ1) is 44.6. The Hall–Kier alpha value is -4.95. The van der Waals surface area contributed by atoms with Gasteiger partial charge in [-0.05, 0) is 150 Å². The molecule has 3 aromatic carbocycles. The van der Waals surface area contributed by atoms with Crippen molar-refractivity contribution in [3.05, 3.63) is 113 Å². The number of nitrogens with zero attached hydrogens (tertiary/aromatic N) is 3. The Morgan fingerprint density at radius 3 is 2.35 bits per heavy atom. The normalized spacial score (nSPS) is 23.7. The summed E-state index contributed by atoms with van der Waals surface area (Å²) in [7, 11) is 0. The Bertz CT molecular complexity index is 2080. The number of oxime groups is 1. The van der Waals surface area contributed by atoms with E-state index in [1.165, 1.54) is 5.56 Å². The van der Waals surface area contributed by atoms with Crippen LogP contribution in [-0.2, 0) is 9.57 Å². The van der Waals surface area contributed by atoms with Gasteiger partial charge in [-0.2, -0.15) is 5.26 Å². The second-order valence-corrected chi connectivity index (χ2v) is 17.5. The van der Waals surface area contributed by atoms with E-state index in [4.69, 9.17) is 24.2 Å². The number of hydrogen-bond donors (Lipinski definition) is 2. The van der Waals surface area contributed by atoms with Gasteiger partial charge in [0.2, 0.25) is 5.79 Å². The zero-order chi connectivity index (χ0) is 43.0. The van der Waals surface area contributed by atoms with Gasteiger partial charge < -0.3 is 34.2 Å². The van der Waals surface area contributed by atoms with Crippen LogP contribution in [0.4, 0.5) is 0 Å². The average Bonchev–Trinajstić information content (AvgIpc) is 3.23. The van der Waals surface area contributed by atoms with Crippen molar-refractivity contribution in [2.24, 2.45) is 22.9 Å². The molecule has 320 valence electrons. The second kappa shape index (κ2) is 19.6. The SMILES string of the molecule is C=CCOC12Oc3ccc(Oc4ccc(C)c(C)c4)cc3C3C(CCCCO)C(CCCCO)C=C(C(=NOC(C)(C)C)CC1N(CCC)C(=O)c1ccc(C#N)cc1)C32. The topological polar surface area (TPSA) is 134 Å². The van der Waals surface area contributed by atoms with Gasteiger partial charge in [0.15, 0.2) is 0 Å². The zero-order valence-corrected chi connectivity index (χ0v) is 36.3. The molecule has 6 rings (SSSR count). The molecule has 0 aromatic heterocycles. The first-order valence-corrected chi connectivity index (χ1v) is 21.7. The molecule has 10 heteroatoms. The van der Waals surface area contributed by atoms with Crippen molar-refractivity contribution in [3.63, 3.8) is 0 Å². The number of aliphatic hydroxyl groups is 2. The Kier molecular flexibility index (Phi) is 14.6. The molecular formula is C50H63N3O7. The second-order valence-electron chi connectivity index (χ2n) is 17.5. The van der Waals surface area contributed by atoms with E-state index in [9.17, 15) is 20.3 Å². The van der Waals surface area contributed by atoms with E-state index in [0.717, 1.165) is 53.8 Å². The lowest BCUT2D eigenvalue weighted by Crippen LogP contribution is -2.70.